The summed E-state index contributed by atoms with van der Waals surface area (Å²) >= 11 is 1.15. The molecule has 1 saturated heterocycles. The van der Waals surface area contributed by atoms with Crippen molar-refractivity contribution in [1.82, 2.24) is 0 Å². The molecule has 21 heavy (non-hydrogen) atoms. The van der Waals surface area contributed by atoms with Crippen LogP contribution in [0.1, 0.15) is 23.7 Å². The van der Waals surface area contributed by atoms with Gasteiger partial charge in [-0.3, -0.25) is 9.59 Å². The topological polar surface area (TPSA) is 74.7 Å². The number of carboxylic acid groups (broad SMARTS) is 1. The van der Waals surface area contributed by atoms with Crippen LogP contribution in [0.25, 0.3) is 0 Å². The van der Waals surface area contributed by atoms with Crippen LogP contribution >= 0.6 is 11.8 Å². The Balaban J connectivity index is 2.17. The Morgan fingerprint density at radius 1 is 1.43 bits per heavy atom. The molecule has 2 rings (SSSR count). The number of carbonyl (C=O) groups excluding carboxylic acids is 2. The van der Waals surface area contributed by atoms with Crippen LogP contribution in [0, 0.1) is 11.7 Å². The molecule has 0 saturated carbocycles. The molecule has 1 heterocycles. The van der Waals surface area contributed by atoms with Gasteiger partial charge in [-0.1, -0.05) is 11.8 Å². The quantitative estimate of drug-likeness (QED) is 0.922. The summed E-state index contributed by atoms with van der Waals surface area (Å²) in [5, 5.41) is 8.91. The highest BCUT2D eigenvalue weighted by molar-refractivity contribution is 8.13. The number of hydrogen-bond donors (Lipinski definition) is 1. The molecule has 1 unspecified atom stereocenters. The lowest BCUT2D eigenvalue weighted by Gasteiger charge is -2.17. The Hall–Kier alpha value is -1.89. The van der Waals surface area contributed by atoms with E-state index in [0.717, 1.165) is 23.9 Å². The minimum atomic E-state index is -1.24. The first-order valence-corrected chi connectivity index (χ1v) is 7.33. The van der Waals surface area contributed by atoms with Crippen molar-refractivity contribution in [3.63, 3.8) is 0 Å². The number of hydrogen-bond acceptors (Lipinski definition) is 4. The van der Waals surface area contributed by atoms with Crippen LogP contribution in [0.4, 0.5) is 10.1 Å². The van der Waals surface area contributed by atoms with Crippen LogP contribution in [-0.2, 0) is 9.59 Å². The van der Waals surface area contributed by atoms with Crippen LogP contribution < -0.4 is 4.90 Å². The number of carbonyl (C=O) groups is 3. The number of benzene rings is 1. The maximum Gasteiger partial charge on any atom is 0.335 e. The van der Waals surface area contributed by atoms with Crippen LogP contribution in [0.15, 0.2) is 18.2 Å². The Morgan fingerprint density at radius 2 is 2.14 bits per heavy atom. The van der Waals surface area contributed by atoms with Crippen LogP contribution in [0.2, 0.25) is 0 Å². The first-order valence-electron chi connectivity index (χ1n) is 6.34. The fraction of sp³-hybridized carbons (Fsp3) is 0.357. The van der Waals surface area contributed by atoms with Gasteiger partial charge in [-0.25, -0.2) is 9.18 Å². The van der Waals surface area contributed by atoms with Crippen molar-refractivity contribution in [3.8, 4) is 0 Å². The fourth-order valence-electron chi connectivity index (χ4n) is 2.23. The zero-order valence-corrected chi connectivity index (χ0v) is 12.2. The first-order chi connectivity index (χ1) is 9.86. The second-order valence-corrected chi connectivity index (χ2v) is 6.08. The van der Waals surface area contributed by atoms with Crippen molar-refractivity contribution in [2.24, 2.45) is 5.92 Å². The monoisotopic (exact) mass is 311 g/mol. The third-order valence-corrected chi connectivity index (χ3v) is 4.21. The Morgan fingerprint density at radius 3 is 2.76 bits per heavy atom. The molecule has 1 aliphatic rings. The van der Waals surface area contributed by atoms with Gasteiger partial charge in [-0.2, -0.15) is 0 Å². The molecule has 1 aliphatic heterocycles. The summed E-state index contributed by atoms with van der Waals surface area (Å²) in [4.78, 5) is 35.2. The molecule has 1 aromatic rings. The predicted octanol–water partition coefficient (Wildman–Crippen LogP) is 2.16. The smallest absolute Gasteiger partial charge is 0.335 e. The average Bonchev–Trinajstić information content (AvgIpc) is 2.77. The van der Waals surface area contributed by atoms with Gasteiger partial charge < -0.3 is 10.0 Å². The van der Waals surface area contributed by atoms with E-state index in [1.165, 1.54) is 17.9 Å². The highest BCUT2D eigenvalue weighted by atomic mass is 32.2. The highest BCUT2D eigenvalue weighted by Gasteiger charge is 2.31. The van der Waals surface area contributed by atoms with Crippen molar-refractivity contribution in [2.75, 3.05) is 17.2 Å². The maximum absolute atomic E-state index is 13.5. The molecule has 0 aromatic heterocycles. The van der Waals surface area contributed by atoms with Gasteiger partial charge in [-0.15, -0.1) is 0 Å². The highest BCUT2D eigenvalue weighted by Crippen LogP contribution is 2.28. The molecule has 7 heteroatoms. The second-order valence-electron chi connectivity index (χ2n) is 4.88. The molecule has 0 spiro atoms. The SMILES string of the molecule is CC(=O)SCC1CC(=O)N(c2cc(F)cc(C(=O)O)c2)C1. The lowest BCUT2D eigenvalue weighted by atomic mass is 10.1. The zero-order valence-electron chi connectivity index (χ0n) is 11.3. The number of carboxylic acids is 1. The minimum absolute atomic E-state index is 0.00273. The van der Waals surface area contributed by atoms with Gasteiger partial charge in [-0.05, 0) is 24.1 Å². The van der Waals surface area contributed by atoms with Gasteiger partial charge in [0.25, 0.3) is 0 Å². The number of aromatic carboxylic acids is 1. The van der Waals surface area contributed by atoms with Crippen LogP contribution in [0.5, 0.6) is 0 Å². The average molecular weight is 311 g/mol. The van der Waals surface area contributed by atoms with Gasteiger partial charge >= 0.3 is 5.97 Å². The van der Waals surface area contributed by atoms with Gasteiger partial charge in [0.15, 0.2) is 5.12 Å². The third kappa shape index (κ3) is 3.81. The van der Waals surface area contributed by atoms with Crippen LogP contribution in [0.3, 0.4) is 0 Å². The number of anilines is 1. The van der Waals surface area contributed by atoms with Gasteiger partial charge in [0, 0.05) is 31.3 Å². The molecule has 1 atom stereocenters. The molecule has 1 N–H and O–H groups in total. The molecule has 112 valence electrons. The molecule has 1 amide bonds. The van der Waals surface area contributed by atoms with Crippen molar-refractivity contribution in [3.05, 3.63) is 29.6 Å². The van der Waals surface area contributed by atoms with E-state index in [2.05, 4.69) is 0 Å². The first kappa shape index (κ1) is 15.5. The number of amides is 1. The Kier molecular flexibility index (Phi) is 4.62. The molecular formula is C14H14FNO4S. The van der Waals surface area contributed by atoms with E-state index < -0.39 is 11.8 Å². The molecule has 0 radical (unpaired) electrons. The fourth-order valence-corrected chi connectivity index (χ4v) is 2.93. The number of halogens is 1. The van der Waals surface area contributed by atoms with Crippen molar-refractivity contribution >= 4 is 34.4 Å². The predicted molar refractivity (Wildman–Crippen MR) is 77.0 cm³/mol. The maximum atomic E-state index is 13.5. The number of nitrogens with zero attached hydrogens (tertiary/aromatic N) is 1. The molecule has 1 aromatic carbocycles. The largest absolute Gasteiger partial charge is 0.478 e. The van der Waals surface area contributed by atoms with E-state index in [4.69, 9.17) is 5.11 Å². The second kappa shape index (κ2) is 6.26. The third-order valence-electron chi connectivity index (χ3n) is 3.17. The summed E-state index contributed by atoms with van der Waals surface area (Å²) in [6.45, 7) is 1.83. The Bertz CT molecular complexity index is 605. The minimum Gasteiger partial charge on any atom is -0.478 e. The van der Waals surface area contributed by atoms with E-state index in [9.17, 15) is 18.8 Å². The normalized spacial score (nSPS) is 18.1. The van der Waals surface area contributed by atoms with Crippen molar-refractivity contribution < 1.29 is 23.9 Å². The summed E-state index contributed by atoms with van der Waals surface area (Å²) in [6.07, 6.45) is 0.277. The van der Waals surface area contributed by atoms with E-state index in [1.807, 2.05) is 0 Å². The molecular weight excluding hydrogens is 297 g/mol. The van der Waals surface area contributed by atoms with Gasteiger partial charge in [0.05, 0.1) is 5.56 Å². The molecule has 0 aliphatic carbocycles. The molecule has 5 nitrogen and oxygen atoms in total. The lowest BCUT2D eigenvalue weighted by molar-refractivity contribution is -0.117. The molecule has 1 fully saturated rings. The standard InChI is InChI=1S/C14H14FNO4S/c1-8(17)21-7-9-2-13(18)16(6-9)12-4-10(14(19)20)3-11(15)5-12/h3-5,9H,2,6-7H2,1H3,(H,19,20). The van der Waals surface area contributed by atoms with E-state index in [0.29, 0.717) is 12.3 Å². The van der Waals surface area contributed by atoms with Gasteiger partial charge in [0.2, 0.25) is 5.91 Å². The summed E-state index contributed by atoms with van der Waals surface area (Å²) in [7, 11) is 0. The van der Waals surface area contributed by atoms with E-state index in [1.54, 1.807) is 0 Å². The van der Waals surface area contributed by atoms with Crippen LogP contribution in [-0.4, -0.2) is 34.4 Å². The summed E-state index contributed by atoms with van der Waals surface area (Å²) < 4.78 is 13.5. The number of thioether (sulfide) groups is 1. The Labute approximate surface area is 125 Å². The van der Waals surface area contributed by atoms with E-state index >= 15 is 0 Å². The summed E-state index contributed by atoms with van der Waals surface area (Å²) in [5.41, 5.74) is 0.0482. The van der Waals surface area contributed by atoms with Crippen molar-refractivity contribution in [1.29, 1.82) is 0 Å². The zero-order chi connectivity index (χ0) is 15.6. The van der Waals surface area contributed by atoms with Gasteiger partial charge in [0.1, 0.15) is 5.82 Å². The molecule has 0 bridgehead atoms. The summed E-state index contributed by atoms with van der Waals surface area (Å²) in [5.74, 6) is -1.60. The van der Waals surface area contributed by atoms with Crippen molar-refractivity contribution in [2.45, 2.75) is 13.3 Å². The number of rotatable bonds is 4. The summed E-state index contributed by atoms with van der Waals surface area (Å²) in [6, 6.07) is 3.34. The van der Waals surface area contributed by atoms with E-state index in [-0.39, 0.29) is 34.6 Å². The lowest BCUT2D eigenvalue weighted by Crippen LogP contribution is -2.25.